The Balaban J connectivity index is 2.16. The Morgan fingerprint density at radius 1 is 1.25 bits per heavy atom. The average Bonchev–Trinajstić information content (AvgIpc) is 2.48. The summed E-state index contributed by atoms with van der Waals surface area (Å²) in [5, 5.41) is 4.45. The number of fused-ring (bicyclic) bond motifs is 1. The van der Waals surface area contributed by atoms with E-state index in [9.17, 15) is 0 Å². The molecule has 0 amide bonds. The molecule has 0 spiro atoms. The lowest BCUT2D eigenvalue weighted by molar-refractivity contribution is 0.452. The molecule has 0 bridgehead atoms. The van der Waals surface area contributed by atoms with Crippen LogP contribution in [0.5, 0.6) is 0 Å². The number of hydrogen-bond donors (Lipinski definition) is 1. The van der Waals surface area contributed by atoms with Crippen molar-refractivity contribution in [3.8, 4) is 0 Å². The molecule has 20 heavy (non-hydrogen) atoms. The van der Waals surface area contributed by atoms with Crippen molar-refractivity contribution >= 4 is 11.8 Å². The number of rotatable bonds is 6. The maximum Gasteiger partial charge on any atom is 0.0443 e. The number of benzene rings is 1. The summed E-state index contributed by atoms with van der Waals surface area (Å²) in [6.07, 6.45) is 2.59. The second-order valence-electron chi connectivity index (χ2n) is 6.19. The summed E-state index contributed by atoms with van der Waals surface area (Å²) in [4.78, 5) is 0. The van der Waals surface area contributed by atoms with Crippen LogP contribution in [0.3, 0.4) is 0 Å². The van der Waals surface area contributed by atoms with Gasteiger partial charge < -0.3 is 5.32 Å². The highest BCUT2D eigenvalue weighted by atomic mass is 32.2. The normalized spacial score (nSPS) is 27.1. The molecular formula is C18H29NS. The SMILES string of the molecule is CCNC1c2ccccc2C(C)CC1SCC(C)CC. The highest BCUT2D eigenvalue weighted by Gasteiger charge is 2.32. The van der Waals surface area contributed by atoms with Crippen molar-refractivity contribution in [1.82, 2.24) is 5.32 Å². The number of thioether (sulfide) groups is 1. The summed E-state index contributed by atoms with van der Waals surface area (Å²) in [6, 6.07) is 9.55. The van der Waals surface area contributed by atoms with E-state index in [4.69, 9.17) is 0 Å². The van der Waals surface area contributed by atoms with Gasteiger partial charge in [-0.3, -0.25) is 0 Å². The molecule has 0 radical (unpaired) electrons. The smallest absolute Gasteiger partial charge is 0.0443 e. The van der Waals surface area contributed by atoms with E-state index in [2.05, 4.69) is 69.0 Å². The Morgan fingerprint density at radius 2 is 1.95 bits per heavy atom. The van der Waals surface area contributed by atoms with Crippen LogP contribution in [-0.4, -0.2) is 17.5 Å². The minimum atomic E-state index is 0.529. The van der Waals surface area contributed by atoms with Crippen LogP contribution in [-0.2, 0) is 0 Å². The van der Waals surface area contributed by atoms with Gasteiger partial charge in [0.2, 0.25) is 0 Å². The molecule has 0 aromatic heterocycles. The molecule has 0 saturated carbocycles. The van der Waals surface area contributed by atoms with Gasteiger partial charge in [-0.05, 0) is 41.7 Å². The van der Waals surface area contributed by atoms with E-state index >= 15 is 0 Å². The molecule has 0 aliphatic heterocycles. The zero-order valence-corrected chi connectivity index (χ0v) is 14.2. The van der Waals surface area contributed by atoms with Gasteiger partial charge in [-0.2, -0.15) is 11.8 Å². The fourth-order valence-electron chi connectivity index (χ4n) is 3.09. The van der Waals surface area contributed by atoms with Crippen molar-refractivity contribution in [1.29, 1.82) is 0 Å². The average molecular weight is 292 g/mol. The minimum Gasteiger partial charge on any atom is -0.309 e. The third-order valence-corrected chi connectivity index (χ3v) is 6.19. The van der Waals surface area contributed by atoms with Gasteiger partial charge in [-0.1, -0.05) is 58.4 Å². The van der Waals surface area contributed by atoms with Crippen molar-refractivity contribution in [3.63, 3.8) is 0 Å². The lowest BCUT2D eigenvalue weighted by Gasteiger charge is -2.37. The Kier molecular flexibility index (Phi) is 5.98. The molecule has 0 saturated heterocycles. The van der Waals surface area contributed by atoms with Gasteiger partial charge in [0.15, 0.2) is 0 Å². The predicted molar refractivity (Wildman–Crippen MR) is 91.6 cm³/mol. The monoisotopic (exact) mass is 291 g/mol. The molecule has 1 aromatic rings. The van der Waals surface area contributed by atoms with Crippen LogP contribution >= 0.6 is 11.8 Å². The summed E-state index contributed by atoms with van der Waals surface area (Å²) in [6.45, 7) is 10.3. The summed E-state index contributed by atoms with van der Waals surface area (Å²) in [5.41, 5.74) is 3.09. The van der Waals surface area contributed by atoms with Crippen molar-refractivity contribution < 1.29 is 0 Å². The predicted octanol–water partition coefficient (Wildman–Crippen LogP) is 4.99. The van der Waals surface area contributed by atoms with Crippen LogP contribution in [0, 0.1) is 5.92 Å². The van der Waals surface area contributed by atoms with E-state index in [1.165, 1.54) is 24.2 Å². The van der Waals surface area contributed by atoms with Gasteiger partial charge in [0.25, 0.3) is 0 Å². The second-order valence-corrected chi connectivity index (χ2v) is 7.46. The van der Waals surface area contributed by atoms with Crippen LogP contribution < -0.4 is 5.32 Å². The van der Waals surface area contributed by atoms with E-state index < -0.39 is 0 Å². The highest BCUT2D eigenvalue weighted by Crippen LogP contribution is 2.43. The first-order chi connectivity index (χ1) is 9.67. The van der Waals surface area contributed by atoms with Gasteiger partial charge in [0, 0.05) is 11.3 Å². The van der Waals surface area contributed by atoms with Crippen molar-refractivity contribution in [2.75, 3.05) is 12.3 Å². The standard InChI is InChI=1S/C18H29NS/c1-5-13(3)12-20-17-11-14(4)15-9-7-8-10-16(15)18(17)19-6-2/h7-10,13-14,17-19H,5-6,11-12H2,1-4H3. The minimum absolute atomic E-state index is 0.529. The Morgan fingerprint density at radius 3 is 2.60 bits per heavy atom. The zero-order valence-electron chi connectivity index (χ0n) is 13.4. The van der Waals surface area contributed by atoms with Crippen LogP contribution in [0.25, 0.3) is 0 Å². The molecule has 1 aliphatic carbocycles. The number of nitrogens with one attached hydrogen (secondary N) is 1. The molecule has 2 heteroatoms. The fraction of sp³-hybridized carbons (Fsp3) is 0.667. The second kappa shape index (κ2) is 7.51. The number of hydrogen-bond acceptors (Lipinski definition) is 2. The maximum atomic E-state index is 3.73. The Bertz CT molecular complexity index is 418. The molecule has 0 fully saturated rings. The largest absolute Gasteiger partial charge is 0.309 e. The Labute approximate surface area is 128 Å². The molecule has 4 atom stereocenters. The highest BCUT2D eigenvalue weighted by molar-refractivity contribution is 7.99. The lowest BCUT2D eigenvalue weighted by atomic mass is 9.80. The van der Waals surface area contributed by atoms with E-state index in [1.54, 1.807) is 5.56 Å². The zero-order chi connectivity index (χ0) is 14.5. The van der Waals surface area contributed by atoms with E-state index in [0.717, 1.165) is 12.5 Å². The van der Waals surface area contributed by atoms with Crippen molar-refractivity contribution in [2.24, 2.45) is 5.92 Å². The van der Waals surface area contributed by atoms with Gasteiger partial charge in [-0.15, -0.1) is 0 Å². The third kappa shape index (κ3) is 3.59. The molecule has 1 aliphatic rings. The van der Waals surface area contributed by atoms with E-state index in [0.29, 0.717) is 17.2 Å². The molecule has 1 aromatic carbocycles. The van der Waals surface area contributed by atoms with Gasteiger partial charge >= 0.3 is 0 Å². The molecular weight excluding hydrogens is 262 g/mol. The van der Waals surface area contributed by atoms with Crippen LogP contribution in [0.4, 0.5) is 0 Å². The molecule has 2 rings (SSSR count). The molecule has 4 unspecified atom stereocenters. The molecule has 1 N–H and O–H groups in total. The Hall–Kier alpha value is -0.470. The first kappa shape index (κ1) is 15.9. The molecule has 0 heterocycles. The first-order valence-electron chi connectivity index (χ1n) is 8.11. The quantitative estimate of drug-likeness (QED) is 0.792. The van der Waals surface area contributed by atoms with Crippen molar-refractivity contribution in [2.45, 2.75) is 57.7 Å². The van der Waals surface area contributed by atoms with Gasteiger partial charge in [0.05, 0.1) is 0 Å². The first-order valence-corrected chi connectivity index (χ1v) is 9.16. The molecule has 1 nitrogen and oxygen atoms in total. The maximum absolute atomic E-state index is 3.73. The van der Waals surface area contributed by atoms with Crippen molar-refractivity contribution in [3.05, 3.63) is 35.4 Å². The lowest BCUT2D eigenvalue weighted by Crippen LogP contribution is -2.35. The summed E-state index contributed by atoms with van der Waals surface area (Å²) in [7, 11) is 0. The van der Waals surface area contributed by atoms with E-state index in [1.807, 2.05) is 0 Å². The summed E-state index contributed by atoms with van der Waals surface area (Å²) in [5.74, 6) is 2.81. The van der Waals surface area contributed by atoms with Crippen LogP contribution in [0.1, 0.15) is 63.6 Å². The van der Waals surface area contributed by atoms with E-state index in [-0.39, 0.29) is 0 Å². The van der Waals surface area contributed by atoms with Crippen LogP contribution in [0.2, 0.25) is 0 Å². The fourth-order valence-corrected chi connectivity index (χ4v) is 4.76. The van der Waals surface area contributed by atoms with Gasteiger partial charge in [0.1, 0.15) is 0 Å². The molecule has 112 valence electrons. The van der Waals surface area contributed by atoms with Crippen LogP contribution in [0.15, 0.2) is 24.3 Å². The summed E-state index contributed by atoms with van der Waals surface area (Å²) >= 11 is 2.18. The third-order valence-electron chi connectivity index (χ3n) is 4.54. The van der Waals surface area contributed by atoms with Gasteiger partial charge in [-0.25, -0.2) is 0 Å². The topological polar surface area (TPSA) is 12.0 Å². The summed E-state index contributed by atoms with van der Waals surface area (Å²) < 4.78 is 0.